The molecule has 1 saturated carbocycles. The fraction of sp³-hybridized carbons (Fsp3) is 0.920. The molecule has 7 unspecified atom stereocenters. The molecule has 2 amide bonds. The molecule has 2 N–H and O–H groups in total. The van der Waals surface area contributed by atoms with Gasteiger partial charge in [-0.15, -0.1) is 11.6 Å². The number of piperidine rings is 2. The molecule has 3 fully saturated rings. The maximum Gasteiger partial charge on any atom is 0.225 e. The first-order valence-corrected chi connectivity index (χ1v) is 15.7. The van der Waals surface area contributed by atoms with Gasteiger partial charge in [0.15, 0.2) is 0 Å². The largest absolute Gasteiger partial charge is 0.355 e. The van der Waals surface area contributed by atoms with Gasteiger partial charge in [-0.3, -0.25) is 9.59 Å². The first-order valence-electron chi connectivity index (χ1n) is 13.2. The number of carbonyl (C=O) groups excluding carboxylic acids is 2. The average molecular weight is 533 g/mol. The van der Waals surface area contributed by atoms with Gasteiger partial charge < -0.3 is 20.4 Å². The predicted octanol–water partition coefficient (Wildman–Crippen LogP) is 1.73. The summed E-state index contributed by atoms with van der Waals surface area (Å²) in [6.07, 6.45) is 5.71. The average Bonchev–Trinajstić information content (AvgIpc) is 2.77. The fourth-order valence-electron chi connectivity index (χ4n) is 6.35. The summed E-state index contributed by atoms with van der Waals surface area (Å²) in [5.74, 6) is 0.292. The lowest BCUT2D eigenvalue weighted by molar-refractivity contribution is -0.132. The Balaban J connectivity index is 1.54. The SMILES string of the molecule is CC1CC(C)C(CNC(=O)C2CC(Cl)CC(N(C)C3CCN(CCS(C)(=O)=O)CC3)C2C)C(=O)N1. The van der Waals surface area contributed by atoms with Crippen LogP contribution in [0.1, 0.15) is 52.9 Å². The van der Waals surface area contributed by atoms with E-state index in [9.17, 15) is 18.0 Å². The highest BCUT2D eigenvalue weighted by Crippen LogP contribution is 2.37. The summed E-state index contributed by atoms with van der Waals surface area (Å²) in [6.45, 7) is 9.01. The predicted molar refractivity (Wildman–Crippen MR) is 140 cm³/mol. The van der Waals surface area contributed by atoms with Crippen molar-refractivity contribution in [2.75, 3.05) is 45.2 Å². The fourth-order valence-corrected chi connectivity index (χ4v) is 7.32. The monoisotopic (exact) mass is 532 g/mol. The molecule has 2 saturated heterocycles. The van der Waals surface area contributed by atoms with Gasteiger partial charge in [0.25, 0.3) is 0 Å². The number of sulfone groups is 1. The molecular formula is C25H45ClN4O4S. The third-order valence-electron chi connectivity index (χ3n) is 8.65. The van der Waals surface area contributed by atoms with Crippen LogP contribution in [0.2, 0.25) is 0 Å². The summed E-state index contributed by atoms with van der Waals surface area (Å²) in [4.78, 5) is 30.3. The molecule has 1 aliphatic carbocycles. The standard InChI is InChI=1S/C25H45ClN4O4S/c1-16-12-17(2)28-25(32)22(16)15-27-24(31)21-13-19(26)14-23(18(21)3)29(4)20-6-8-30(9-7-20)10-11-35(5,33)34/h16-23H,6-15H2,1-5H3,(H,27,31)(H,28,32). The number of halogens is 1. The van der Waals surface area contributed by atoms with Crippen molar-refractivity contribution in [1.82, 2.24) is 20.4 Å². The zero-order valence-corrected chi connectivity index (χ0v) is 23.6. The molecule has 0 bridgehead atoms. The van der Waals surface area contributed by atoms with Crippen LogP contribution in [0.15, 0.2) is 0 Å². The van der Waals surface area contributed by atoms with E-state index in [0.29, 0.717) is 25.6 Å². The minimum Gasteiger partial charge on any atom is -0.355 e. The smallest absolute Gasteiger partial charge is 0.225 e. The number of hydrogen-bond donors (Lipinski definition) is 2. The Morgan fingerprint density at radius 2 is 1.83 bits per heavy atom. The van der Waals surface area contributed by atoms with Crippen molar-refractivity contribution < 1.29 is 18.0 Å². The Morgan fingerprint density at radius 3 is 2.43 bits per heavy atom. The highest BCUT2D eigenvalue weighted by Gasteiger charge is 2.42. The van der Waals surface area contributed by atoms with Crippen LogP contribution in [0.3, 0.4) is 0 Å². The van der Waals surface area contributed by atoms with E-state index >= 15 is 0 Å². The quantitative estimate of drug-likeness (QED) is 0.462. The van der Waals surface area contributed by atoms with Crippen LogP contribution in [0.5, 0.6) is 0 Å². The molecule has 8 nitrogen and oxygen atoms in total. The molecule has 202 valence electrons. The lowest BCUT2D eigenvalue weighted by Crippen LogP contribution is -2.55. The van der Waals surface area contributed by atoms with Crippen LogP contribution < -0.4 is 10.6 Å². The zero-order chi connectivity index (χ0) is 25.9. The molecule has 35 heavy (non-hydrogen) atoms. The number of likely N-dealkylation sites (tertiary alicyclic amines) is 1. The van der Waals surface area contributed by atoms with Crippen LogP contribution in [0.25, 0.3) is 0 Å². The molecule has 0 aromatic heterocycles. The van der Waals surface area contributed by atoms with Crippen molar-refractivity contribution in [1.29, 1.82) is 0 Å². The topological polar surface area (TPSA) is 98.8 Å². The van der Waals surface area contributed by atoms with E-state index in [1.54, 1.807) is 0 Å². The van der Waals surface area contributed by atoms with Crippen LogP contribution in [-0.2, 0) is 19.4 Å². The van der Waals surface area contributed by atoms with E-state index in [1.807, 2.05) is 6.92 Å². The summed E-state index contributed by atoms with van der Waals surface area (Å²) < 4.78 is 23.0. The third-order valence-corrected chi connectivity index (χ3v) is 9.93. The van der Waals surface area contributed by atoms with Crippen molar-refractivity contribution in [3.8, 4) is 0 Å². The van der Waals surface area contributed by atoms with E-state index in [-0.39, 0.29) is 58.7 Å². The normalized spacial score (nSPS) is 35.6. The maximum atomic E-state index is 13.2. The van der Waals surface area contributed by atoms with Crippen LogP contribution in [0, 0.1) is 23.7 Å². The van der Waals surface area contributed by atoms with E-state index in [2.05, 4.69) is 41.3 Å². The van der Waals surface area contributed by atoms with Gasteiger partial charge in [0.2, 0.25) is 11.8 Å². The molecule has 0 aromatic rings. The number of nitrogens with one attached hydrogen (secondary N) is 2. The molecule has 3 rings (SSSR count). The van der Waals surface area contributed by atoms with Crippen molar-refractivity contribution in [3.63, 3.8) is 0 Å². The van der Waals surface area contributed by atoms with Crippen molar-refractivity contribution >= 4 is 33.3 Å². The van der Waals surface area contributed by atoms with Crippen LogP contribution >= 0.6 is 11.6 Å². The summed E-state index contributed by atoms with van der Waals surface area (Å²) in [5, 5.41) is 6.04. The molecule has 0 spiro atoms. The Kier molecular flexibility index (Phi) is 9.91. The van der Waals surface area contributed by atoms with Gasteiger partial charge in [-0.2, -0.15) is 0 Å². The number of hydrogen-bond acceptors (Lipinski definition) is 6. The Bertz CT molecular complexity index is 848. The van der Waals surface area contributed by atoms with Gasteiger partial charge in [0.05, 0.1) is 11.7 Å². The maximum absolute atomic E-state index is 13.2. The lowest BCUT2D eigenvalue weighted by Gasteiger charge is -2.47. The minimum atomic E-state index is -2.95. The minimum absolute atomic E-state index is 0.00969. The molecular weight excluding hydrogens is 488 g/mol. The first-order chi connectivity index (χ1) is 16.4. The van der Waals surface area contributed by atoms with Gasteiger partial charge in [-0.25, -0.2) is 8.42 Å². The van der Waals surface area contributed by atoms with E-state index in [0.717, 1.165) is 38.8 Å². The van der Waals surface area contributed by atoms with E-state index in [4.69, 9.17) is 11.6 Å². The number of amides is 2. The molecule has 0 radical (unpaired) electrons. The molecule has 7 atom stereocenters. The number of rotatable bonds is 8. The van der Waals surface area contributed by atoms with Crippen molar-refractivity contribution in [2.24, 2.45) is 23.7 Å². The van der Waals surface area contributed by atoms with Gasteiger partial charge in [-0.1, -0.05) is 13.8 Å². The first kappa shape index (κ1) is 28.7. The highest BCUT2D eigenvalue weighted by atomic mass is 35.5. The van der Waals surface area contributed by atoms with Crippen LogP contribution in [-0.4, -0.2) is 98.8 Å². The summed E-state index contributed by atoms with van der Waals surface area (Å²) in [6, 6.07) is 0.798. The second kappa shape index (κ2) is 12.1. The molecule has 10 heteroatoms. The summed E-state index contributed by atoms with van der Waals surface area (Å²) in [7, 11) is -0.796. The van der Waals surface area contributed by atoms with Gasteiger partial charge in [0, 0.05) is 48.8 Å². The summed E-state index contributed by atoms with van der Waals surface area (Å²) >= 11 is 6.68. The van der Waals surface area contributed by atoms with Gasteiger partial charge in [0.1, 0.15) is 9.84 Å². The Hall–Kier alpha value is -0.900. The number of carbonyl (C=O) groups is 2. The van der Waals surface area contributed by atoms with Crippen molar-refractivity contribution in [2.45, 2.75) is 76.4 Å². The van der Waals surface area contributed by atoms with Crippen molar-refractivity contribution in [3.05, 3.63) is 0 Å². The second-order valence-electron chi connectivity index (χ2n) is 11.4. The van der Waals surface area contributed by atoms with Crippen LogP contribution in [0.4, 0.5) is 0 Å². The van der Waals surface area contributed by atoms with Gasteiger partial charge >= 0.3 is 0 Å². The van der Waals surface area contributed by atoms with E-state index in [1.165, 1.54) is 6.26 Å². The highest BCUT2D eigenvalue weighted by molar-refractivity contribution is 7.90. The Labute approximate surface area is 216 Å². The second-order valence-corrected chi connectivity index (χ2v) is 14.3. The van der Waals surface area contributed by atoms with Gasteiger partial charge in [-0.05, 0) is 71.0 Å². The molecule has 0 aromatic carbocycles. The molecule has 3 aliphatic rings. The summed E-state index contributed by atoms with van der Waals surface area (Å²) in [5.41, 5.74) is 0. The number of alkyl halides is 1. The molecule has 2 heterocycles. The number of nitrogens with zero attached hydrogens (tertiary/aromatic N) is 2. The Morgan fingerprint density at radius 1 is 1.17 bits per heavy atom. The third kappa shape index (κ3) is 7.79. The lowest BCUT2D eigenvalue weighted by atomic mass is 9.74. The zero-order valence-electron chi connectivity index (χ0n) is 22.0. The molecule has 2 aliphatic heterocycles. The van der Waals surface area contributed by atoms with E-state index < -0.39 is 9.84 Å².